The Bertz CT molecular complexity index is 297. The van der Waals surface area contributed by atoms with Crippen molar-refractivity contribution < 1.29 is 13.9 Å². The molecule has 0 spiro atoms. The molecule has 4 heteroatoms. The Labute approximate surface area is 84.7 Å². The van der Waals surface area contributed by atoms with Crippen LogP contribution in [0.1, 0.15) is 19.8 Å². The standard InChI is InChI=1S/C10H13O3P/c1-10(7-8-10)13-14(11)12-9-5-3-2-4-6-9/h2-6,11H,7-8H2,1H3. The average Bonchev–Trinajstić information content (AvgIpc) is 2.84. The molecule has 0 aliphatic heterocycles. The minimum Gasteiger partial charge on any atom is -0.427 e. The molecule has 0 aromatic heterocycles. The molecule has 1 N–H and O–H groups in total. The molecule has 1 aromatic rings. The topological polar surface area (TPSA) is 38.7 Å². The monoisotopic (exact) mass is 212 g/mol. The molecule has 0 radical (unpaired) electrons. The number of hydrogen-bond acceptors (Lipinski definition) is 3. The molecular weight excluding hydrogens is 199 g/mol. The summed E-state index contributed by atoms with van der Waals surface area (Å²) in [6.45, 7) is 1.98. The molecule has 76 valence electrons. The lowest BCUT2D eigenvalue weighted by atomic mass is 10.3. The maximum atomic E-state index is 9.50. The van der Waals surface area contributed by atoms with E-state index < -0.39 is 8.60 Å². The third kappa shape index (κ3) is 2.68. The highest BCUT2D eigenvalue weighted by atomic mass is 31.2. The van der Waals surface area contributed by atoms with E-state index >= 15 is 0 Å². The second kappa shape index (κ2) is 3.85. The van der Waals surface area contributed by atoms with Crippen LogP contribution >= 0.6 is 8.60 Å². The Kier molecular flexibility index (Phi) is 2.73. The molecule has 0 amide bonds. The van der Waals surface area contributed by atoms with Crippen molar-refractivity contribution in [1.82, 2.24) is 0 Å². The lowest BCUT2D eigenvalue weighted by Crippen LogP contribution is -2.06. The van der Waals surface area contributed by atoms with Gasteiger partial charge in [0, 0.05) is 0 Å². The van der Waals surface area contributed by atoms with E-state index in [1.807, 2.05) is 25.1 Å². The first-order chi connectivity index (χ1) is 6.68. The molecule has 1 atom stereocenters. The average molecular weight is 212 g/mol. The molecule has 14 heavy (non-hydrogen) atoms. The van der Waals surface area contributed by atoms with Crippen LogP contribution in [-0.4, -0.2) is 10.5 Å². The fourth-order valence-electron chi connectivity index (χ4n) is 1.05. The molecule has 0 heterocycles. The zero-order valence-electron chi connectivity index (χ0n) is 8.01. The Morgan fingerprint density at radius 2 is 1.93 bits per heavy atom. The molecule has 0 bridgehead atoms. The van der Waals surface area contributed by atoms with Crippen LogP contribution in [0.2, 0.25) is 0 Å². The van der Waals surface area contributed by atoms with E-state index in [0.29, 0.717) is 5.75 Å². The molecule has 1 aliphatic carbocycles. The highest BCUT2D eigenvalue weighted by Crippen LogP contribution is 2.49. The molecule has 1 unspecified atom stereocenters. The van der Waals surface area contributed by atoms with Crippen molar-refractivity contribution >= 4 is 8.60 Å². The van der Waals surface area contributed by atoms with Gasteiger partial charge < -0.3 is 9.42 Å². The van der Waals surface area contributed by atoms with Crippen molar-refractivity contribution in [1.29, 1.82) is 0 Å². The van der Waals surface area contributed by atoms with E-state index in [0.717, 1.165) is 12.8 Å². The van der Waals surface area contributed by atoms with Crippen molar-refractivity contribution in [3.63, 3.8) is 0 Å². The maximum absolute atomic E-state index is 9.50. The van der Waals surface area contributed by atoms with Gasteiger partial charge in [0.1, 0.15) is 5.75 Å². The van der Waals surface area contributed by atoms with Crippen LogP contribution in [0.3, 0.4) is 0 Å². The lowest BCUT2D eigenvalue weighted by molar-refractivity contribution is 0.171. The molecule has 0 saturated heterocycles. The van der Waals surface area contributed by atoms with E-state index in [9.17, 15) is 4.89 Å². The van der Waals surface area contributed by atoms with Gasteiger partial charge in [-0.05, 0) is 31.9 Å². The molecule has 2 rings (SSSR count). The van der Waals surface area contributed by atoms with Crippen molar-refractivity contribution in [2.45, 2.75) is 25.4 Å². The Balaban J connectivity index is 1.85. The third-order valence-electron chi connectivity index (χ3n) is 2.18. The van der Waals surface area contributed by atoms with Gasteiger partial charge in [-0.1, -0.05) is 18.2 Å². The molecule has 3 nitrogen and oxygen atoms in total. The minimum atomic E-state index is -1.78. The largest absolute Gasteiger partial charge is 0.427 e. The summed E-state index contributed by atoms with van der Waals surface area (Å²) in [4.78, 5) is 9.50. The highest BCUT2D eigenvalue weighted by molar-refractivity contribution is 7.41. The summed E-state index contributed by atoms with van der Waals surface area (Å²) in [6, 6.07) is 9.21. The van der Waals surface area contributed by atoms with E-state index in [1.54, 1.807) is 12.1 Å². The molecule has 1 fully saturated rings. The van der Waals surface area contributed by atoms with Crippen LogP contribution in [0, 0.1) is 0 Å². The predicted molar refractivity (Wildman–Crippen MR) is 54.9 cm³/mol. The molecular formula is C10H13O3P. The Morgan fingerprint density at radius 3 is 2.50 bits per heavy atom. The van der Waals surface area contributed by atoms with Crippen molar-refractivity contribution in [2.24, 2.45) is 0 Å². The van der Waals surface area contributed by atoms with E-state index in [2.05, 4.69) is 0 Å². The predicted octanol–water partition coefficient (Wildman–Crippen LogP) is 2.85. The summed E-state index contributed by atoms with van der Waals surface area (Å²) in [6.07, 6.45) is 2.01. The fraction of sp³-hybridized carbons (Fsp3) is 0.400. The van der Waals surface area contributed by atoms with Gasteiger partial charge in [0.05, 0.1) is 5.60 Å². The third-order valence-corrected chi connectivity index (χ3v) is 3.14. The van der Waals surface area contributed by atoms with Crippen LogP contribution < -0.4 is 4.52 Å². The van der Waals surface area contributed by atoms with Gasteiger partial charge in [0.15, 0.2) is 0 Å². The van der Waals surface area contributed by atoms with Gasteiger partial charge in [-0.2, -0.15) is 0 Å². The van der Waals surface area contributed by atoms with Crippen LogP contribution in [0.5, 0.6) is 5.75 Å². The van der Waals surface area contributed by atoms with Gasteiger partial charge in [-0.15, -0.1) is 0 Å². The first-order valence-electron chi connectivity index (χ1n) is 4.59. The van der Waals surface area contributed by atoms with Gasteiger partial charge in [-0.3, -0.25) is 4.52 Å². The van der Waals surface area contributed by atoms with E-state index in [-0.39, 0.29) is 5.60 Å². The minimum absolute atomic E-state index is 0.144. The Hall–Kier alpha value is -0.630. The molecule has 1 aliphatic rings. The second-order valence-corrected chi connectivity index (χ2v) is 4.52. The smallest absolute Gasteiger partial charge is 0.394 e. The second-order valence-electron chi connectivity index (χ2n) is 3.68. The normalized spacial score (nSPS) is 20.1. The molecule has 1 aromatic carbocycles. The number of hydrogen-bond donors (Lipinski definition) is 1. The fourth-order valence-corrected chi connectivity index (χ4v) is 1.94. The van der Waals surface area contributed by atoms with Gasteiger partial charge in [-0.25, -0.2) is 0 Å². The zero-order valence-corrected chi connectivity index (χ0v) is 8.91. The zero-order chi connectivity index (χ0) is 10.0. The summed E-state index contributed by atoms with van der Waals surface area (Å²) in [7, 11) is -1.78. The van der Waals surface area contributed by atoms with E-state index in [1.165, 1.54) is 0 Å². The van der Waals surface area contributed by atoms with Crippen LogP contribution in [0.25, 0.3) is 0 Å². The first-order valence-corrected chi connectivity index (χ1v) is 5.72. The van der Waals surface area contributed by atoms with Crippen LogP contribution in [0.4, 0.5) is 0 Å². The van der Waals surface area contributed by atoms with Crippen LogP contribution in [0.15, 0.2) is 30.3 Å². The summed E-state index contributed by atoms with van der Waals surface area (Å²) in [5, 5.41) is 0. The number of para-hydroxylation sites is 1. The Morgan fingerprint density at radius 1 is 1.29 bits per heavy atom. The van der Waals surface area contributed by atoms with Gasteiger partial charge in [0.25, 0.3) is 0 Å². The van der Waals surface area contributed by atoms with Crippen molar-refractivity contribution in [3.05, 3.63) is 30.3 Å². The highest BCUT2D eigenvalue weighted by Gasteiger charge is 2.42. The van der Waals surface area contributed by atoms with Gasteiger partial charge in [0.2, 0.25) is 0 Å². The summed E-state index contributed by atoms with van der Waals surface area (Å²) in [5.74, 6) is 0.644. The van der Waals surface area contributed by atoms with E-state index in [4.69, 9.17) is 9.05 Å². The number of benzene rings is 1. The summed E-state index contributed by atoms with van der Waals surface area (Å²) in [5.41, 5.74) is -0.144. The lowest BCUT2D eigenvalue weighted by Gasteiger charge is -2.15. The van der Waals surface area contributed by atoms with Gasteiger partial charge >= 0.3 is 8.60 Å². The quantitative estimate of drug-likeness (QED) is 0.780. The first kappa shape index (κ1) is 9.91. The summed E-state index contributed by atoms with van der Waals surface area (Å²) >= 11 is 0. The summed E-state index contributed by atoms with van der Waals surface area (Å²) < 4.78 is 10.6. The number of rotatable bonds is 4. The SMILES string of the molecule is CC1(OP(O)Oc2ccccc2)CC1. The van der Waals surface area contributed by atoms with Crippen molar-refractivity contribution in [3.8, 4) is 5.75 Å². The van der Waals surface area contributed by atoms with Crippen LogP contribution in [-0.2, 0) is 4.52 Å². The van der Waals surface area contributed by atoms with Crippen molar-refractivity contribution in [2.75, 3.05) is 0 Å². The molecule has 1 saturated carbocycles. The maximum Gasteiger partial charge on any atom is 0.394 e.